The number of para-hydroxylation sites is 1. The molecule has 0 radical (unpaired) electrons. The second kappa shape index (κ2) is 9.83. The Morgan fingerprint density at radius 1 is 1.08 bits per heavy atom. The summed E-state index contributed by atoms with van der Waals surface area (Å²) in [6.45, 7) is 6.73. The van der Waals surface area contributed by atoms with Crippen LogP contribution in [0.5, 0.6) is 0 Å². The molecule has 1 N–H and O–H groups in total. The van der Waals surface area contributed by atoms with E-state index in [9.17, 15) is 4.79 Å². The number of nitrogens with zero attached hydrogens (tertiary/aromatic N) is 6. The number of aryl methyl sites for hydroxylation is 1. The summed E-state index contributed by atoms with van der Waals surface area (Å²) in [5.74, 6) is 0.691. The van der Waals surface area contributed by atoms with Crippen LogP contribution in [0.2, 0.25) is 0 Å². The van der Waals surface area contributed by atoms with Crippen LogP contribution in [-0.2, 0) is 11.3 Å². The summed E-state index contributed by atoms with van der Waals surface area (Å²) < 4.78 is 7.70. The molecule has 0 unspecified atom stereocenters. The Morgan fingerprint density at radius 2 is 1.92 bits per heavy atom. The van der Waals surface area contributed by atoms with E-state index < -0.39 is 0 Å². The van der Waals surface area contributed by atoms with Crippen LogP contribution in [-0.4, -0.2) is 69.0 Å². The molecule has 2 aromatic heterocycles. The predicted molar refractivity (Wildman–Crippen MR) is 138 cm³/mol. The fraction of sp³-hybridized carbons (Fsp3) is 0.407. The van der Waals surface area contributed by atoms with E-state index in [1.807, 2.05) is 28.9 Å². The number of tetrazole rings is 1. The SMILES string of the molecule is Cc1ccc2[nH]c(=O)c([C@@H](c3nnnn3C[C@H]3CCCO3)N3CCN(c4ccccc4)CC3)cc2c1. The van der Waals surface area contributed by atoms with Crippen molar-refractivity contribution in [3.8, 4) is 0 Å². The molecular weight excluding hydrogens is 454 g/mol. The standard InChI is InChI=1S/C27H31N7O2/c1-19-9-10-24-20(16-19)17-23(27(35)28-24)25(26-29-30-31-34(26)18-22-8-5-15-36-22)33-13-11-32(12-14-33)21-6-3-2-4-7-21/h2-4,6-7,9-10,16-17,22,25H,5,8,11-15,18H2,1H3,(H,28,35)/t22-,25+/m1/s1. The maximum atomic E-state index is 13.4. The minimum Gasteiger partial charge on any atom is -0.376 e. The van der Waals surface area contributed by atoms with Gasteiger partial charge in [0.2, 0.25) is 0 Å². The average molecular weight is 486 g/mol. The first-order chi connectivity index (χ1) is 17.7. The average Bonchev–Trinajstić information content (AvgIpc) is 3.59. The number of benzene rings is 2. The third-order valence-electron chi connectivity index (χ3n) is 7.33. The smallest absolute Gasteiger partial charge is 0.253 e. The number of pyridine rings is 1. The predicted octanol–water partition coefficient (Wildman–Crippen LogP) is 2.91. The highest BCUT2D eigenvalue weighted by Gasteiger charge is 2.33. The van der Waals surface area contributed by atoms with Gasteiger partial charge in [0.25, 0.3) is 5.56 Å². The van der Waals surface area contributed by atoms with Crippen molar-refractivity contribution in [1.82, 2.24) is 30.1 Å². The molecular formula is C27H31N7O2. The van der Waals surface area contributed by atoms with E-state index >= 15 is 0 Å². The van der Waals surface area contributed by atoms with E-state index in [1.54, 1.807) is 0 Å². The van der Waals surface area contributed by atoms with Gasteiger partial charge in [0, 0.05) is 49.6 Å². The number of anilines is 1. The van der Waals surface area contributed by atoms with Gasteiger partial charge in [-0.3, -0.25) is 9.69 Å². The second-order valence-corrected chi connectivity index (χ2v) is 9.76. The van der Waals surface area contributed by atoms with Gasteiger partial charge in [0.15, 0.2) is 5.82 Å². The first-order valence-electron chi connectivity index (χ1n) is 12.7. The number of hydrogen-bond acceptors (Lipinski definition) is 7. The molecule has 2 atom stereocenters. The molecule has 186 valence electrons. The van der Waals surface area contributed by atoms with E-state index in [0.29, 0.717) is 17.9 Å². The van der Waals surface area contributed by atoms with Crippen LogP contribution in [0.15, 0.2) is 59.4 Å². The monoisotopic (exact) mass is 485 g/mol. The Bertz CT molecular complexity index is 1390. The molecule has 2 aliphatic rings. The molecule has 0 aliphatic carbocycles. The molecule has 0 bridgehead atoms. The minimum absolute atomic E-state index is 0.0976. The molecule has 0 spiro atoms. The fourth-order valence-electron chi connectivity index (χ4n) is 5.44. The van der Waals surface area contributed by atoms with Crippen molar-refractivity contribution in [2.75, 3.05) is 37.7 Å². The number of piperazine rings is 1. The number of hydrogen-bond donors (Lipinski definition) is 1. The van der Waals surface area contributed by atoms with Gasteiger partial charge in [-0.05, 0) is 65.9 Å². The maximum absolute atomic E-state index is 13.4. The van der Waals surface area contributed by atoms with Crippen molar-refractivity contribution < 1.29 is 4.74 Å². The van der Waals surface area contributed by atoms with Crippen molar-refractivity contribution in [2.24, 2.45) is 0 Å². The Morgan fingerprint density at radius 3 is 2.69 bits per heavy atom. The van der Waals surface area contributed by atoms with Crippen LogP contribution in [0.3, 0.4) is 0 Å². The number of fused-ring (bicyclic) bond motifs is 1. The molecule has 2 saturated heterocycles. The quantitative estimate of drug-likeness (QED) is 0.449. The van der Waals surface area contributed by atoms with Gasteiger partial charge in [0.05, 0.1) is 12.6 Å². The lowest BCUT2D eigenvalue weighted by atomic mass is 10.0. The van der Waals surface area contributed by atoms with E-state index in [-0.39, 0.29) is 17.7 Å². The molecule has 9 nitrogen and oxygen atoms in total. The van der Waals surface area contributed by atoms with Gasteiger partial charge < -0.3 is 14.6 Å². The van der Waals surface area contributed by atoms with Gasteiger partial charge >= 0.3 is 0 Å². The second-order valence-electron chi connectivity index (χ2n) is 9.76. The van der Waals surface area contributed by atoms with Gasteiger partial charge in [-0.2, -0.15) is 0 Å². The zero-order valence-corrected chi connectivity index (χ0v) is 20.5. The normalized spacial score (nSPS) is 19.7. The summed E-state index contributed by atoms with van der Waals surface area (Å²) >= 11 is 0. The summed E-state index contributed by atoms with van der Waals surface area (Å²) in [5, 5.41) is 13.8. The van der Waals surface area contributed by atoms with Gasteiger partial charge in [-0.15, -0.1) is 5.10 Å². The van der Waals surface area contributed by atoms with Crippen molar-refractivity contribution >= 4 is 16.6 Å². The summed E-state index contributed by atoms with van der Waals surface area (Å²) in [5.41, 5.74) is 3.77. The van der Waals surface area contributed by atoms with Crippen LogP contribution in [0.25, 0.3) is 10.9 Å². The van der Waals surface area contributed by atoms with Crippen LogP contribution >= 0.6 is 0 Å². The largest absolute Gasteiger partial charge is 0.376 e. The molecule has 2 aromatic carbocycles. The number of rotatable bonds is 6. The lowest BCUT2D eigenvalue weighted by Crippen LogP contribution is -2.49. The Labute approximate surface area is 209 Å². The highest BCUT2D eigenvalue weighted by Crippen LogP contribution is 2.29. The number of aromatic nitrogens is 5. The van der Waals surface area contributed by atoms with Crippen LogP contribution in [0.4, 0.5) is 5.69 Å². The summed E-state index contributed by atoms with van der Waals surface area (Å²) in [7, 11) is 0. The Balaban J connectivity index is 1.37. The topological polar surface area (TPSA) is 92.2 Å². The fourth-order valence-corrected chi connectivity index (χ4v) is 5.44. The molecule has 6 rings (SSSR count). The highest BCUT2D eigenvalue weighted by molar-refractivity contribution is 5.79. The minimum atomic E-state index is -0.354. The lowest BCUT2D eigenvalue weighted by Gasteiger charge is -2.39. The van der Waals surface area contributed by atoms with Crippen LogP contribution in [0, 0.1) is 6.92 Å². The summed E-state index contributed by atoms with van der Waals surface area (Å²) in [6, 6.07) is 18.2. The molecule has 2 fully saturated rings. The van der Waals surface area contributed by atoms with Crippen molar-refractivity contribution in [3.63, 3.8) is 0 Å². The molecule has 2 aliphatic heterocycles. The van der Waals surface area contributed by atoms with E-state index in [2.05, 4.69) is 67.6 Å². The Kier molecular flexibility index (Phi) is 6.25. The van der Waals surface area contributed by atoms with Gasteiger partial charge in [-0.1, -0.05) is 29.8 Å². The summed E-state index contributed by atoms with van der Waals surface area (Å²) in [6.07, 6.45) is 2.15. The van der Waals surface area contributed by atoms with Gasteiger partial charge in [-0.25, -0.2) is 4.68 Å². The number of nitrogens with one attached hydrogen (secondary N) is 1. The summed E-state index contributed by atoms with van der Waals surface area (Å²) in [4.78, 5) is 21.3. The first kappa shape index (κ1) is 22.9. The van der Waals surface area contributed by atoms with Crippen molar-refractivity contribution in [3.05, 3.63) is 81.9 Å². The van der Waals surface area contributed by atoms with Crippen LogP contribution in [0.1, 0.15) is 35.8 Å². The molecule has 4 heterocycles. The van der Waals surface area contributed by atoms with E-state index in [1.165, 1.54) is 5.69 Å². The molecule has 0 amide bonds. The molecule has 4 aromatic rings. The molecule has 36 heavy (non-hydrogen) atoms. The lowest BCUT2D eigenvalue weighted by molar-refractivity contribution is 0.0906. The number of H-pyrrole nitrogens is 1. The molecule has 9 heteroatoms. The number of ether oxygens (including phenoxy) is 1. The van der Waals surface area contributed by atoms with Crippen molar-refractivity contribution in [1.29, 1.82) is 0 Å². The van der Waals surface area contributed by atoms with Crippen LogP contribution < -0.4 is 10.5 Å². The highest BCUT2D eigenvalue weighted by atomic mass is 16.5. The zero-order valence-electron chi connectivity index (χ0n) is 20.5. The van der Waals surface area contributed by atoms with Gasteiger partial charge in [0.1, 0.15) is 6.04 Å². The van der Waals surface area contributed by atoms with Crippen molar-refractivity contribution in [2.45, 2.75) is 38.5 Å². The maximum Gasteiger partial charge on any atom is 0.253 e. The third-order valence-corrected chi connectivity index (χ3v) is 7.33. The third kappa shape index (κ3) is 4.52. The van der Waals surface area contributed by atoms with E-state index in [0.717, 1.165) is 62.1 Å². The first-order valence-corrected chi connectivity index (χ1v) is 12.7. The Hall–Kier alpha value is -3.56. The number of aromatic amines is 1. The van der Waals surface area contributed by atoms with E-state index in [4.69, 9.17) is 4.74 Å². The zero-order chi connectivity index (χ0) is 24.5. The molecule has 0 saturated carbocycles.